The number of ketones is 1. The van der Waals surface area contributed by atoms with E-state index in [2.05, 4.69) is 11.1 Å². The fourth-order valence-corrected chi connectivity index (χ4v) is 4.88. The number of nitro groups is 1. The first-order valence-corrected chi connectivity index (χ1v) is 11.0. The molecule has 0 bridgehead atoms. The lowest BCUT2D eigenvalue weighted by Gasteiger charge is -2.40. The Morgan fingerprint density at radius 3 is 2.65 bits per heavy atom. The van der Waals surface area contributed by atoms with Crippen molar-refractivity contribution in [1.29, 1.82) is 5.26 Å². The molecule has 1 aliphatic heterocycles. The Kier molecular flexibility index (Phi) is 5.30. The average Bonchev–Trinajstić information content (AvgIpc) is 3.38. The summed E-state index contributed by atoms with van der Waals surface area (Å²) in [4.78, 5) is 31.0. The molecular formula is C26H21N5O3. The number of anilines is 1. The van der Waals surface area contributed by atoms with Gasteiger partial charge in [-0.3, -0.25) is 24.8 Å². The van der Waals surface area contributed by atoms with E-state index in [1.165, 1.54) is 6.07 Å². The van der Waals surface area contributed by atoms with Crippen molar-refractivity contribution < 1.29 is 9.72 Å². The predicted octanol–water partition coefficient (Wildman–Crippen LogP) is 5.10. The van der Waals surface area contributed by atoms with Crippen LogP contribution in [0.5, 0.6) is 0 Å². The summed E-state index contributed by atoms with van der Waals surface area (Å²) in [5.74, 6) is -0.157. The normalized spacial score (nSPS) is 18.1. The number of hydrogen-bond acceptors (Lipinski definition) is 6. The van der Waals surface area contributed by atoms with Gasteiger partial charge in [0.05, 0.1) is 22.5 Å². The maximum absolute atomic E-state index is 13.3. The third-order valence-corrected chi connectivity index (χ3v) is 6.28. The number of rotatable bonds is 4. The van der Waals surface area contributed by atoms with Crippen LogP contribution in [0.1, 0.15) is 36.3 Å². The number of aromatic nitrogens is 2. The monoisotopic (exact) mass is 451 g/mol. The average molecular weight is 451 g/mol. The fraction of sp³-hybridized carbons (Fsp3) is 0.192. The van der Waals surface area contributed by atoms with Crippen molar-refractivity contribution in [2.75, 3.05) is 4.90 Å². The molecule has 2 aromatic heterocycles. The number of nitriles is 1. The minimum absolute atomic E-state index is 0.0471. The molecule has 168 valence electrons. The Hall–Kier alpha value is -4.51. The van der Waals surface area contributed by atoms with Gasteiger partial charge in [-0.05, 0) is 55.2 Å². The number of benzene rings is 1. The molecule has 5 rings (SSSR count). The zero-order chi connectivity index (χ0) is 23.8. The summed E-state index contributed by atoms with van der Waals surface area (Å²) in [5.41, 5.74) is 3.30. The molecule has 1 aliphatic carbocycles. The van der Waals surface area contributed by atoms with Gasteiger partial charge in [-0.1, -0.05) is 12.1 Å². The lowest BCUT2D eigenvalue weighted by Crippen LogP contribution is -2.37. The van der Waals surface area contributed by atoms with Gasteiger partial charge in [-0.25, -0.2) is 0 Å². The number of aryl methyl sites for hydroxylation is 1. The molecule has 34 heavy (non-hydrogen) atoms. The molecule has 1 atom stereocenters. The number of Topliss-reactive ketones (excluding diaryl/α,β-unsaturated/α-hetero) is 1. The van der Waals surface area contributed by atoms with Gasteiger partial charge in [-0.15, -0.1) is 0 Å². The van der Waals surface area contributed by atoms with Gasteiger partial charge in [0.25, 0.3) is 5.69 Å². The van der Waals surface area contributed by atoms with Crippen LogP contribution in [0.25, 0.3) is 5.82 Å². The molecule has 8 nitrogen and oxygen atoms in total. The van der Waals surface area contributed by atoms with Crippen molar-refractivity contribution in [3.63, 3.8) is 0 Å². The van der Waals surface area contributed by atoms with E-state index in [0.29, 0.717) is 47.6 Å². The Morgan fingerprint density at radius 1 is 1.18 bits per heavy atom. The van der Waals surface area contributed by atoms with Crippen LogP contribution in [-0.4, -0.2) is 20.3 Å². The van der Waals surface area contributed by atoms with Crippen LogP contribution in [0, 0.1) is 28.4 Å². The molecule has 3 aromatic rings. The maximum Gasteiger partial charge on any atom is 0.293 e. The SMILES string of the molecule is Cc1ccc(N2C3=C(C(=O)CCC3)[C@H](c3cccnc3)C(C#N)=C2n2cccc2)c([N+](=O)[O-])c1. The van der Waals surface area contributed by atoms with Gasteiger partial charge in [0.15, 0.2) is 5.78 Å². The van der Waals surface area contributed by atoms with Gasteiger partial charge in [0.1, 0.15) is 11.5 Å². The van der Waals surface area contributed by atoms with Crippen molar-refractivity contribution in [1.82, 2.24) is 9.55 Å². The van der Waals surface area contributed by atoms with Crippen molar-refractivity contribution in [3.05, 3.63) is 105 Å². The number of carbonyl (C=O) groups is 1. The van der Waals surface area contributed by atoms with E-state index in [0.717, 1.165) is 11.1 Å². The van der Waals surface area contributed by atoms with Crippen LogP contribution in [-0.2, 0) is 4.79 Å². The Labute approximate surface area is 196 Å². The minimum Gasteiger partial charge on any atom is -0.309 e. The highest BCUT2D eigenvalue weighted by atomic mass is 16.6. The molecule has 3 heterocycles. The summed E-state index contributed by atoms with van der Waals surface area (Å²) >= 11 is 0. The van der Waals surface area contributed by atoms with Crippen LogP contribution in [0.3, 0.4) is 0 Å². The molecule has 0 unspecified atom stereocenters. The number of pyridine rings is 1. The minimum atomic E-state index is -0.598. The second-order valence-electron chi connectivity index (χ2n) is 8.38. The highest BCUT2D eigenvalue weighted by molar-refractivity contribution is 6.03. The first-order valence-electron chi connectivity index (χ1n) is 11.0. The molecular weight excluding hydrogens is 430 g/mol. The largest absolute Gasteiger partial charge is 0.309 e. The van der Waals surface area contributed by atoms with Gasteiger partial charge in [0.2, 0.25) is 0 Å². The van der Waals surface area contributed by atoms with Crippen LogP contribution >= 0.6 is 0 Å². The van der Waals surface area contributed by atoms with Crippen LogP contribution < -0.4 is 4.90 Å². The number of carbonyl (C=O) groups excluding carboxylic acids is 1. The predicted molar refractivity (Wildman–Crippen MR) is 126 cm³/mol. The first-order chi connectivity index (χ1) is 16.5. The Morgan fingerprint density at radius 2 is 1.97 bits per heavy atom. The Balaban J connectivity index is 1.88. The number of nitrogens with zero attached hydrogens (tertiary/aromatic N) is 5. The molecule has 1 aromatic carbocycles. The summed E-state index contributed by atoms with van der Waals surface area (Å²) < 4.78 is 1.79. The molecule has 0 saturated carbocycles. The lowest BCUT2D eigenvalue weighted by molar-refractivity contribution is -0.384. The van der Waals surface area contributed by atoms with Gasteiger partial charge < -0.3 is 4.57 Å². The number of nitro benzene ring substituents is 1. The van der Waals surface area contributed by atoms with E-state index in [4.69, 9.17) is 0 Å². The maximum atomic E-state index is 13.3. The molecule has 0 amide bonds. The first kappa shape index (κ1) is 21.3. The highest BCUT2D eigenvalue weighted by Gasteiger charge is 2.43. The zero-order valence-electron chi connectivity index (χ0n) is 18.5. The highest BCUT2D eigenvalue weighted by Crippen LogP contribution is 2.50. The van der Waals surface area contributed by atoms with Gasteiger partial charge in [0, 0.05) is 48.5 Å². The third-order valence-electron chi connectivity index (χ3n) is 6.28. The Bertz CT molecular complexity index is 1400. The summed E-state index contributed by atoms with van der Waals surface area (Å²) in [7, 11) is 0. The number of hydrogen-bond donors (Lipinski definition) is 0. The molecule has 0 saturated heterocycles. The molecule has 8 heteroatoms. The standard InChI is InChI=1S/C26H21N5O3/c1-17-9-10-20(22(14-17)31(33)34)30-21-7-4-8-23(32)25(21)24(18-6-5-11-28-16-18)19(15-27)26(30)29-12-2-3-13-29/h2-3,5-6,9-14,16,24H,4,7-8H2,1H3/t24-/m1/s1. The van der Waals surface area contributed by atoms with Gasteiger partial charge >= 0.3 is 0 Å². The third kappa shape index (κ3) is 3.39. The van der Waals surface area contributed by atoms with Crippen LogP contribution in [0.15, 0.2) is 84.1 Å². The molecule has 0 N–H and O–H groups in total. The molecule has 0 radical (unpaired) electrons. The number of allylic oxidation sites excluding steroid dienone is 3. The quantitative estimate of drug-likeness (QED) is 0.403. The smallest absolute Gasteiger partial charge is 0.293 e. The summed E-state index contributed by atoms with van der Waals surface area (Å²) in [6.45, 7) is 1.80. The molecule has 2 aliphatic rings. The summed E-state index contributed by atoms with van der Waals surface area (Å²) in [5, 5.41) is 22.5. The second kappa shape index (κ2) is 8.45. The second-order valence-corrected chi connectivity index (χ2v) is 8.38. The summed E-state index contributed by atoms with van der Waals surface area (Å²) in [6, 6.07) is 14.7. The van der Waals surface area contributed by atoms with Crippen LogP contribution in [0.4, 0.5) is 11.4 Å². The lowest BCUT2D eigenvalue weighted by atomic mass is 9.76. The van der Waals surface area contributed by atoms with E-state index in [-0.39, 0.29) is 11.5 Å². The van der Waals surface area contributed by atoms with E-state index in [1.54, 1.807) is 59.4 Å². The van der Waals surface area contributed by atoms with E-state index in [9.17, 15) is 20.2 Å². The van der Waals surface area contributed by atoms with Crippen molar-refractivity contribution in [3.8, 4) is 6.07 Å². The van der Waals surface area contributed by atoms with Crippen molar-refractivity contribution >= 4 is 23.0 Å². The van der Waals surface area contributed by atoms with E-state index < -0.39 is 10.8 Å². The molecule has 0 fully saturated rings. The fourth-order valence-electron chi connectivity index (χ4n) is 4.88. The zero-order valence-corrected chi connectivity index (χ0v) is 18.5. The van der Waals surface area contributed by atoms with E-state index >= 15 is 0 Å². The van der Waals surface area contributed by atoms with Crippen LogP contribution in [0.2, 0.25) is 0 Å². The summed E-state index contributed by atoms with van der Waals surface area (Å²) in [6.07, 6.45) is 8.49. The van der Waals surface area contributed by atoms with Crippen molar-refractivity contribution in [2.24, 2.45) is 0 Å². The topological polar surface area (TPSA) is 105 Å². The molecule has 0 spiro atoms. The van der Waals surface area contributed by atoms with Crippen molar-refractivity contribution in [2.45, 2.75) is 32.1 Å². The van der Waals surface area contributed by atoms with Gasteiger partial charge in [-0.2, -0.15) is 5.26 Å². The van der Waals surface area contributed by atoms with E-state index in [1.807, 2.05) is 18.2 Å².